The number of carboxylic acids is 2. The SMILES string of the molecule is CO[C@@H]1OC(CC(C(=O)O)C(=O)O)[C@H](O)[C@H](O)C1O. The molecule has 19 heavy (non-hydrogen) atoms. The van der Waals surface area contributed by atoms with Crippen LogP contribution in [0, 0.1) is 5.92 Å². The van der Waals surface area contributed by atoms with E-state index in [4.69, 9.17) is 19.7 Å². The minimum atomic E-state index is -1.79. The number of hydrogen-bond acceptors (Lipinski definition) is 7. The minimum Gasteiger partial charge on any atom is -0.481 e. The summed E-state index contributed by atoms with van der Waals surface area (Å²) in [6.45, 7) is 0. The van der Waals surface area contributed by atoms with E-state index in [1.165, 1.54) is 7.11 Å². The smallest absolute Gasteiger partial charge is 0.317 e. The molecule has 0 saturated carbocycles. The number of aliphatic hydroxyl groups is 3. The van der Waals surface area contributed by atoms with Crippen molar-refractivity contribution in [2.45, 2.75) is 37.1 Å². The number of aliphatic carboxylic acids is 2. The molecule has 0 aliphatic carbocycles. The number of aliphatic hydroxyl groups excluding tert-OH is 3. The van der Waals surface area contributed by atoms with Crippen LogP contribution in [0.1, 0.15) is 6.42 Å². The third kappa shape index (κ3) is 3.39. The fraction of sp³-hybridized carbons (Fsp3) is 0.800. The summed E-state index contributed by atoms with van der Waals surface area (Å²) in [5.74, 6) is -4.96. The lowest BCUT2D eigenvalue weighted by Gasteiger charge is -2.40. The Morgan fingerprint density at radius 3 is 2.05 bits per heavy atom. The highest BCUT2D eigenvalue weighted by Gasteiger charge is 2.46. The summed E-state index contributed by atoms with van der Waals surface area (Å²) >= 11 is 0. The molecule has 9 heteroatoms. The zero-order valence-corrected chi connectivity index (χ0v) is 10.0. The van der Waals surface area contributed by atoms with Gasteiger partial charge in [-0.2, -0.15) is 0 Å². The Hall–Kier alpha value is -1.26. The van der Waals surface area contributed by atoms with Crippen molar-refractivity contribution in [2.75, 3.05) is 7.11 Å². The maximum atomic E-state index is 10.8. The van der Waals surface area contributed by atoms with Gasteiger partial charge >= 0.3 is 11.9 Å². The molecule has 5 N–H and O–H groups in total. The van der Waals surface area contributed by atoms with E-state index in [0.717, 1.165) is 0 Å². The first-order valence-electron chi connectivity index (χ1n) is 5.47. The molecule has 1 heterocycles. The summed E-state index contributed by atoms with van der Waals surface area (Å²) in [4.78, 5) is 21.5. The van der Waals surface area contributed by atoms with E-state index in [-0.39, 0.29) is 0 Å². The number of hydrogen-bond donors (Lipinski definition) is 5. The molecule has 1 saturated heterocycles. The highest BCUT2D eigenvalue weighted by atomic mass is 16.7. The zero-order valence-electron chi connectivity index (χ0n) is 10.0. The first-order valence-corrected chi connectivity index (χ1v) is 5.47. The van der Waals surface area contributed by atoms with Crippen molar-refractivity contribution in [2.24, 2.45) is 5.92 Å². The van der Waals surface area contributed by atoms with Gasteiger partial charge in [0.2, 0.25) is 0 Å². The summed E-state index contributed by atoms with van der Waals surface area (Å²) in [6, 6.07) is 0. The lowest BCUT2D eigenvalue weighted by Crippen LogP contribution is -2.58. The van der Waals surface area contributed by atoms with Gasteiger partial charge in [-0.25, -0.2) is 0 Å². The van der Waals surface area contributed by atoms with Gasteiger partial charge in [0.25, 0.3) is 0 Å². The largest absolute Gasteiger partial charge is 0.481 e. The second-order valence-electron chi connectivity index (χ2n) is 4.22. The zero-order chi connectivity index (χ0) is 14.7. The van der Waals surface area contributed by atoms with Crippen molar-refractivity contribution < 1.29 is 44.6 Å². The van der Waals surface area contributed by atoms with E-state index < -0.39 is 55.0 Å². The van der Waals surface area contributed by atoms with Gasteiger partial charge in [0, 0.05) is 13.5 Å². The predicted molar refractivity (Wildman–Crippen MR) is 57.1 cm³/mol. The number of rotatable bonds is 5. The lowest BCUT2D eigenvalue weighted by molar-refractivity contribution is -0.292. The van der Waals surface area contributed by atoms with Crippen LogP contribution in [-0.2, 0) is 19.1 Å². The first kappa shape index (κ1) is 15.8. The van der Waals surface area contributed by atoms with Crippen LogP contribution in [0.5, 0.6) is 0 Å². The molecule has 0 bridgehead atoms. The summed E-state index contributed by atoms with van der Waals surface area (Å²) in [7, 11) is 1.18. The van der Waals surface area contributed by atoms with Crippen LogP contribution < -0.4 is 0 Å². The molecule has 110 valence electrons. The van der Waals surface area contributed by atoms with Gasteiger partial charge in [0.15, 0.2) is 12.2 Å². The normalized spacial score (nSPS) is 35.3. The summed E-state index contributed by atoms with van der Waals surface area (Å²) in [5, 5.41) is 46.2. The average Bonchev–Trinajstić information content (AvgIpc) is 2.34. The highest BCUT2D eigenvalue weighted by molar-refractivity contribution is 5.92. The predicted octanol–water partition coefficient (Wildman–Crippen LogP) is -2.38. The van der Waals surface area contributed by atoms with E-state index in [1.807, 2.05) is 0 Å². The van der Waals surface area contributed by atoms with E-state index in [9.17, 15) is 24.9 Å². The molecule has 1 rings (SSSR count). The molecule has 9 nitrogen and oxygen atoms in total. The second-order valence-corrected chi connectivity index (χ2v) is 4.22. The Bertz CT molecular complexity index is 328. The summed E-state index contributed by atoms with van der Waals surface area (Å²) in [6.07, 6.45) is -7.85. The topological polar surface area (TPSA) is 154 Å². The van der Waals surface area contributed by atoms with E-state index >= 15 is 0 Å². The van der Waals surface area contributed by atoms with Crippen LogP contribution in [0.3, 0.4) is 0 Å². The molecule has 1 aliphatic heterocycles. The van der Waals surface area contributed by atoms with Gasteiger partial charge in [0.05, 0.1) is 6.10 Å². The molecular weight excluding hydrogens is 264 g/mol. The molecule has 0 aromatic heterocycles. The quantitative estimate of drug-likeness (QED) is 0.347. The molecule has 1 fully saturated rings. The summed E-state index contributed by atoms with van der Waals surface area (Å²) < 4.78 is 9.77. The molecule has 5 atom stereocenters. The number of ether oxygens (including phenoxy) is 2. The van der Waals surface area contributed by atoms with Crippen LogP contribution in [-0.4, -0.2) is 75.3 Å². The van der Waals surface area contributed by atoms with Crippen molar-refractivity contribution in [3.63, 3.8) is 0 Å². The molecule has 0 amide bonds. The van der Waals surface area contributed by atoms with E-state index in [1.54, 1.807) is 0 Å². The molecule has 0 spiro atoms. The van der Waals surface area contributed by atoms with Gasteiger partial charge in [-0.1, -0.05) is 0 Å². The van der Waals surface area contributed by atoms with Crippen molar-refractivity contribution >= 4 is 11.9 Å². The highest BCUT2D eigenvalue weighted by Crippen LogP contribution is 2.26. The molecule has 0 radical (unpaired) electrons. The summed E-state index contributed by atoms with van der Waals surface area (Å²) in [5.41, 5.74) is 0. The lowest BCUT2D eigenvalue weighted by atomic mass is 9.91. The van der Waals surface area contributed by atoms with Gasteiger partial charge in [0.1, 0.15) is 18.3 Å². The number of carbonyl (C=O) groups is 2. The van der Waals surface area contributed by atoms with Crippen LogP contribution in [0.4, 0.5) is 0 Å². The third-order valence-electron chi connectivity index (χ3n) is 2.97. The second kappa shape index (κ2) is 6.26. The Balaban J connectivity index is 2.81. The van der Waals surface area contributed by atoms with Crippen LogP contribution in [0.15, 0.2) is 0 Å². The third-order valence-corrected chi connectivity index (χ3v) is 2.97. The van der Waals surface area contributed by atoms with E-state index in [2.05, 4.69) is 0 Å². The minimum absolute atomic E-state index is 0.560. The molecule has 0 aromatic rings. The average molecular weight is 280 g/mol. The standard InChI is InChI=1S/C10H16O9/c1-18-10-7(13)6(12)5(11)4(19-10)2-3(8(14)15)9(16)17/h3-7,10-13H,2H2,1H3,(H,14,15)(H,16,17)/t4?,5-,6-,7?,10+/m0/s1. The van der Waals surface area contributed by atoms with Gasteiger partial charge < -0.3 is 35.0 Å². The van der Waals surface area contributed by atoms with Crippen LogP contribution >= 0.6 is 0 Å². The fourth-order valence-electron chi connectivity index (χ4n) is 1.85. The Morgan fingerprint density at radius 2 is 1.63 bits per heavy atom. The van der Waals surface area contributed by atoms with E-state index in [0.29, 0.717) is 0 Å². The number of carboxylic acid groups (broad SMARTS) is 2. The van der Waals surface area contributed by atoms with Gasteiger partial charge in [-0.15, -0.1) is 0 Å². The Morgan fingerprint density at radius 1 is 1.11 bits per heavy atom. The van der Waals surface area contributed by atoms with Gasteiger partial charge in [-0.05, 0) is 0 Å². The maximum Gasteiger partial charge on any atom is 0.317 e. The number of methoxy groups -OCH3 is 1. The fourth-order valence-corrected chi connectivity index (χ4v) is 1.85. The van der Waals surface area contributed by atoms with Crippen LogP contribution in [0.2, 0.25) is 0 Å². The Kier molecular flexibility index (Phi) is 5.20. The first-order chi connectivity index (χ1) is 8.79. The van der Waals surface area contributed by atoms with Gasteiger partial charge in [-0.3, -0.25) is 9.59 Å². The van der Waals surface area contributed by atoms with Crippen molar-refractivity contribution in [1.82, 2.24) is 0 Å². The Labute approximate surface area is 108 Å². The monoisotopic (exact) mass is 280 g/mol. The molecular formula is C10H16O9. The van der Waals surface area contributed by atoms with Crippen molar-refractivity contribution in [3.8, 4) is 0 Å². The van der Waals surface area contributed by atoms with Crippen molar-refractivity contribution in [1.29, 1.82) is 0 Å². The molecule has 1 aliphatic rings. The molecule has 2 unspecified atom stereocenters. The molecule has 0 aromatic carbocycles. The van der Waals surface area contributed by atoms with Crippen molar-refractivity contribution in [3.05, 3.63) is 0 Å². The maximum absolute atomic E-state index is 10.8. The van der Waals surface area contributed by atoms with Crippen LogP contribution in [0.25, 0.3) is 0 Å².